The predicted molar refractivity (Wildman–Crippen MR) is 96.0 cm³/mol. The van der Waals surface area contributed by atoms with Gasteiger partial charge in [-0.3, -0.25) is 9.69 Å². The van der Waals surface area contributed by atoms with Gasteiger partial charge in [0, 0.05) is 37.6 Å². The fraction of sp³-hybridized carbons (Fsp3) is 0.778. The fourth-order valence-electron chi connectivity index (χ4n) is 4.14. The monoisotopic (exact) mass is 351 g/mol. The highest BCUT2D eigenvalue weighted by atomic mass is 32.1. The molecule has 6 heteroatoms. The molecule has 1 aliphatic carbocycles. The Morgan fingerprint density at radius 3 is 2.75 bits per heavy atom. The summed E-state index contributed by atoms with van der Waals surface area (Å²) in [6, 6.07) is 0. The number of aryl methyl sites for hydroxylation is 1. The molecule has 1 saturated heterocycles. The first-order chi connectivity index (χ1) is 11.3. The van der Waals surface area contributed by atoms with Crippen molar-refractivity contribution in [2.45, 2.75) is 64.0 Å². The molecule has 134 valence electrons. The number of amides is 1. The van der Waals surface area contributed by atoms with Crippen LogP contribution in [-0.2, 0) is 10.3 Å². The lowest BCUT2D eigenvalue weighted by Crippen LogP contribution is -2.49. The smallest absolute Gasteiger partial charge is 0.217 e. The van der Waals surface area contributed by atoms with Crippen molar-refractivity contribution in [2.24, 2.45) is 5.92 Å². The quantitative estimate of drug-likeness (QED) is 0.874. The van der Waals surface area contributed by atoms with E-state index in [1.54, 1.807) is 18.3 Å². The zero-order valence-electron chi connectivity index (χ0n) is 15.0. The number of hydrogen-bond donors (Lipinski definition) is 2. The lowest BCUT2D eigenvalue weighted by atomic mass is 9.79. The van der Waals surface area contributed by atoms with Crippen molar-refractivity contribution in [1.82, 2.24) is 15.2 Å². The lowest BCUT2D eigenvalue weighted by Gasteiger charge is -2.38. The Hall–Kier alpha value is -0.980. The molecule has 1 atom stereocenters. The minimum atomic E-state index is -0.572. The maximum atomic E-state index is 11.8. The van der Waals surface area contributed by atoms with Gasteiger partial charge in [0.15, 0.2) is 0 Å². The largest absolute Gasteiger partial charge is 0.389 e. The average molecular weight is 352 g/mol. The molecule has 24 heavy (non-hydrogen) atoms. The fourth-order valence-corrected chi connectivity index (χ4v) is 5.11. The number of carbonyl (C=O) groups is 1. The van der Waals surface area contributed by atoms with Gasteiger partial charge in [-0.1, -0.05) is 6.92 Å². The minimum Gasteiger partial charge on any atom is -0.389 e. The number of hydrogen-bond acceptors (Lipinski definition) is 5. The Balaban J connectivity index is 1.72. The van der Waals surface area contributed by atoms with Gasteiger partial charge in [0.05, 0.1) is 5.60 Å². The van der Waals surface area contributed by atoms with Gasteiger partial charge >= 0.3 is 0 Å². The molecule has 1 aliphatic heterocycles. The molecule has 3 rings (SSSR count). The van der Waals surface area contributed by atoms with Crippen molar-refractivity contribution < 1.29 is 9.90 Å². The Morgan fingerprint density at radius 2 is 2.17 bits per heavy atom. The first kappa shape index (κ1) is 17.8. The van der Waals surface area contributed by atoms with E-state index >= 15 is 0 Å². The number of thiazole rings is 1. The summed E-state index contributed by atoms with van der Waals surface area (Å²) in [5, 5.41) is 17.1. The SMILES string of the molecule is CC(=O)NC1(c2nc(C)cs2)CCN(CC2(O)CCC(C)CC2)C1. The Morgan fingerprint density at radius 1 is 1.46 bits per heavy atom. The zero-order chi connectivity index (χ0) is 17.4. The molecule has 0 radical (unpaired) electrons. The maximum Gasteiger partial charge on any atom is 0.217 e. The summed E-state index contributed by atoms with van der Waals surface area (Å²) in [5.74, 6) is 0.704. The average Bonchev–Trinajstić information content (AvgIpc) is 3.10. The molecule has 0 aromatic carbocycles. The van der Waals surface area contributed by atoms with Gasteiger partial charge in [-0.25, -0.2) is 4.98 Å². The maximum absolute atomic E-state index is 11.8. The Kier molecular flexibility index (Phi) is 5.00. The van der Waals surface area contributed by atoms with Gasteiger partial charge in [0.2, 0.25) is 5.91 Å². The summed E-state index contributed by atoms with van der Waals surface area (Å²) in [4.78, 5) is 18.7. The van der Waals surface area contributed by atoms with Gasteiger partial charge in [0.25, 0.3) is 0 Å². The van der Waals surface area contributed by atoms with Crippen molar-refractivity contribution in [3.05, 3.63) is 16.1 Å². The molecule has 0 bridgehead atoms. The second-order valence-electron chi connectivity index (χ2n) is 7.92. The van der Waals surface area contributed by atoms with Crippen LogP contribution < -0.4 is 5.32 Å². The van der Waals surface area contributed by atoms with Crippen molar-refractivity contribution >= 4 is 17.2 Å². The Labute approximate surface area is 148 Å². The molecule has 0 spiro atoms. The number of likely N-dealkylation sites (tertiary alicyclic amines) is 1. The molecule has 1 aromatic heterocycles. The molecule has 1 saturated carbocycles. The summed E-state index contributed by atoms with van der Waals surface area (Å²) in [6.45, 7) is 8.14. The number of nitrogens with zero attached hydrogens (tertiary/aromatic N) is 2. The normalized spacial score (nSPS) is 34.4. The van der Waals surface area contributed by atoms with Crippen molar-refractivity contribution in [3.63, 3.8) is 0 Å². The molecule has 1 unspecified atom stereocenters. The highest BCUT2D eigenvalue weighted by Crippen LogP contribution is 2.37. The lowest BCUT2D eigenvalue weighted by molar-refractivity contribution is -0.120. The van der Waals surface area contributed by atoms with E-state index in [-0.39, 0.29) is 5.91 Å². The number of β-amino-alcohol motifs (C(OH)–C–C–N with tert-alkyl or cyclic N) is 1. The molecule has 1 amide bonds. The summed E-state index contributed by atoms with van der Waals surface area (Å²) >= 11 is 1.62. The van der Waals surface area contributed by atoms with E-state index in [0.29, 0.717) is 6.54 Å². The number of nitrogens with one attached hydrogen (secondary N) is 1. The molecular formula is C18H29N3O2S. The number of rotatable bonds is 4. The van der Waals surface area contributed by atoms with E-state index in [1.807, 2.05) is 12.3 Å². The van der Waals surface area contributed by atoms with Gasteiger partial charge in [-0.15, -0.1) is 11.3 Å². The first-order valence-corrected chi connectivity index (χ1v) is 9.84. The molecule has 5 nitrogen and oxygen atoms in total. The van der Waals surface area contributed by atoms with Crippen LogP contribution in [0.3, 0.4) is 0 Å². The molecule has 2 heterocycles. The zero-order valence-corrected chi connectivity index (χ0v) is 15.8. The molecule has 1 aromatic rings. The number of carbonyl (C=O) groups excluding carboxylic acids is 1. The van der Waals surface area contributed by atoms with Gasteiger partial charge in [-0.05, 0) is 44.9 Å². The topological polar surface area (TPSA) is 65.5 Å². The Bertz CT molecular complexity index is 595. The van der Waals surface area contributed by atoms with E-state index in [9.17, 15) is 9.90 Å². The number of aliphatic hydroxyl groups is 1. The van der Waals surface area contributed by atoms with Crippen LogP contribution in [0.5, 0.6) is 0 Å². The second-order valence-corrected chi connectivity index (χ2v) is 8.78. The highest BCUT2D eigenvalue weighted by Gasteiger charge is 2.45. The van der Waals surface area contributed by atoms with E-state index in [0.717, 1.165) is 61.8 Å². The number of aromatic nitrogens is 1. The van der Waals surface area contributed by atoms with Crippen LogP contribution in [0.1, 0.15) is 56.7 Å². The van der Waals surface area contributed by atoms with Crippen LogP contribution in [0.15, 0.2) is 5.38 Å². The summed E-state index contributed by atoms with van der Waals surface area (Å²) in [7, 11) is 0. The third kappa shape index (κ3) is 3.81. The standard InChI is InChI=1S/C18H29N3O2S/c1-13-4-6-17(23,7-5-13)11-21-9-8-18(12-21,20-15(3)22)16-19-14(2)10-24-16/h10,13,23H,4-9,11-12H2,1-3H3,(H,20,22). The van der Waals surface area contributed by atoms with Crippen LogP contribution in [0.2, 0.25) is 0 Å². The van der Waals surface area contributed by atoms with E-state index < -0.39 is 11.1 Å². The molecule has 2 N–H and O–H groups in total. The predicted octanol–water partition coefficient (Wildman–Crippen LogP) is 2.43. The molecular weight excluding hydrogens is 322 g/mol. The van der Waals surface area contributed by atoms with Crippen LogP contribution >= 0.6 is 11.3 Å². The first-order valence-electron chi connectivity index (χ1n) is 8.96. The van der Waals surface area contributed by atoms with Crippen LogP contribution in [0.25, 0.3) is 0 Å². The van der Waals surface area contributed by atoms with Crippen molar-refractivity contribution in [1.29, 1.82) is 0 Å². The van der Waals surface area contributed by atoms with E-state index in [2.05, 4.69) is 22.1 Å². The summed E-state index contributed by atoms with van der Waals surface area (Å²) in [5.41, 5.74) is 0.0267. The second kappa shape index (κ2) is 6.73. The highest BCUT2D eigenvalue weighted by molar-refractivity contribution is 7.09. The van der Waals surface area contributed by atoms with Crippen molar-refractivity contribution in [3.8, 4) is 0 Å². The third-order valence-electron chi connectivity index (χ3n) is 5.51. The van der Waals surface area contributed by atoms with Gasteiger partial charge in [-0.2, -0.15) is 0 Å². The van der Waals surface area contributed by atoms with Crippen LogP contribution in [0, 0.1) is 12.8 Å². The van der Waals surface area contributed by atoms with Gasteiger partial charge in [0.1, 0.15) is 10.5 Å². The van der Waals surface area contributed by atoms with Gasteiger partial charge < -0.3 is 10.4 Å². The minimum absolute atomic E-state index is 0.0186. The van der Waals surface area contributed by atoms with Crippen molar-refractivity contribution in [2.75, 3.05) is 19.6 Å². The summed E-state index contributed by atoms with van der Waals surface area (Å²) in [6.07, 6.45) is 4.83. The summed E-state index contributed by atoms with van der Waals surface area (Å²) < 4.78 is 0. The molecule has 2 aliphatic rings. The van der Waals surface area contributed by atoms with E-state index in [4.69, 9.17) is 0 Å². The van der Waals surface area contributed by atoms with E-state index in [1.165, 1.54) is 0 Å². The van der Waals surface area contributed by atoms with Crippen LogP contribution in [-0.4, -0.2) is 46.1 Å². The third-order valence-corrected chi connectivity index (χ3v) is 6.68. The van der Waals surface area contributed by atoms with Crippen LogP contribution in [0.4, 0.5) is 0 Å². The molecule has 2 fully saturated rings.